The van der Waals surface area contributed by atoms with Gasteiger partial charge >= 0.3 is 0 Å². The summed E-state index contributed by atoms with van der Waals surface area (Å²) < 4.78 is 5.28. The van der Waals surface area contributed by atoms with Gasteiger partial charge < -0.3 is 9.42 Å². The zero-order valence-corrected chi connectivity index (χ0v) is 16.9. The molecule has 0 aliphatic carbocycles. The summed E-state index contributed by atoms with van der Waals surface area (Å²) in [4.78, 5) is 27.7. The zero-order chi connectivity index (χ0) is 20.4. The molecule has 5 nitrogen and oxygen atoms in total. The number of likely N-dealkylation sites (tertiary alicyclic amines) is 1. The van der Waals surface area contributed by atoms with Crippen LogP contribution in [-0.4, -0.2) is 34.8 Å². The lowest BCUT2D eigenvalue weighted by molar-refractivity contribution is 0.0602. The molecule has 1 saturated heterocycles. The van der Waals surface area contributed by atoms with Crippen LogP contribution in [0.4, 0.5) is 0 Å². The monoisotopic (exact) mass is 390 g/mol. The van der Waals surface area contributed by atoms with Gasteiger partial charge in [-0.3, -0.25) is 9.59 Å². The molecule has 1 fully saturated rings. The van der Waals surface area contributed by atoms with E-state index in [1.807, 2.05) is 42.5 Å². The Morgan fingerprint density at radius 1 is 1.14 bits per heavy atom. The third-order valence-electron chi connectivity index (χ3n) is 5.50. The van der Waals surface area contributed by atoms with Crippen LogP contribution >= 0.6 is 0 Å². The molecular formula is C24H26N2O3. The topological polar surface area (TPSA) is 63.4 Å². The molecule has 1 atom stereocenters. The Morgan fingerprint density at radius 3 is 2.72 bits per heavy atom. The number of carbonyl (C=O) groups excluding carboxylic acids is 2. The van der Waals surface area contributed by atoms with Crippen molar-refractivity contribution in [2.45, 2.75) is 33.1 Å². The predicted molar refractivity (Wildman–Crippen MR) is 112 cm³/mol. The molecule has 0 saturated carbocycles. The van der Waals surface area contributed by atoms with Gasteiger partial charge in [-0.25, -0.2) is 0 Å². The third kappa shape index (κ3) is 4.24. The Morgan fingerprint density at radius 2 is 1.93 bits per heavy atom. The highest BCUT2D eigenvalue weighted by molar-refractivity contribution is 6.02. The van der Waals surface area contributed by atoms with Gasteiger partial charge in [-0.1, -0.05) is 55.4 Å². The second-order valence-corrected chi connectivity index (χ2v) is 8.30. The predicted octanol–water partition coefficient (Wildman–Crippen LogP) is 4.76. The van der Waals surface area contributed by atoms with Gasteiger partial charge in [0.25, 0.3) is 5.91 Å². The maximum Gasteiger partial charge on any atom is 0.292 e. The molecule has 0 spiro atoms. The van der Waals surface area contributed by atoms with E-state index < -0.39 is 0 Å². The molecular weight excluding hydrogens is 364 g/mol. The summed E-state index contributed by atoms with van der Waals surface area (Å²) in [5.41, 5.74) is 1.51. The third-order valence-corrected chi connectivity index (χ3v) is 5.50. The molecule has 0 radical (unpaired) electrons. The van der Waals surface area contributed by atoms with Crippen molar-refractivity contribution in [2.24, 2.45) is 11.8 Å². The molecule has 2 heterocycles. The Labute approximate surface area is 170 Å². The van der Waals surface area contributed by atoms with Crippen molar-refractivity contribution >= 4 is 22.5 Å². The number of ketones is 1. The number of aromatic nitrogens is 1. The quantitative estimate of drug-likeness (QED) is 0.589. The summed E-state index contributed by atoms with van der Waals surface area (Å²) in [7, 11) is 0. The van der Waals surface area contributed by atoms with Gasteiger partial charge in [-0.05, 0) is 42.0 Å². The van der Waals surface area contributed by atoms with E-state index in [-0.39, 0.29) is 23.4 Å². The van der Waals surface area contributed by atoms with E-state index in [4.69, 9.17) is 4.52 Å². The first-order chi connectivity index (χ1) is 14.0. The highest BCUT2D eigenvalue weighted by Gasteiger charge is 2.31. The molecule has 4 rings (SSSR count). The van der Waals surface area contributed by atoms with E-state index in [0.717, 1.165) is 35.7 Å². The highest BCUT2D eigenvalue weighted by Crippen LogP contribution is 2.25. The van der Waals surface area contributed by atoms with Crippen LogP contribution in [0.15, 0.2) is 53.1 Å². The summed E-state index contributed by atoms with van der Waals surface area (Å²) >= 11 is 0. The largest absolute Gasteiger partial charge is 0.351 e. The average molecular weight is 390 g/mol. The van der Waals surface area contributed by atoms with Gasteiger partial charge in [0.2, 0.25) is 5.76 Å². The fourth-order valence-electron chi connectivity index (χ4n) is 4.04. The molecule has 29 heavy (non-hydrogen) atoms. The number of rotatable bonds is 5. The van der Waals surface area contributed by atoms with Crippen LogP contribution in [-0.2, 0) is 6.42 Å². The van der Waals surface area contributed by atoms with Crippen LogP contribution in [0.1, 0.15) is 53.3 Å². The van der Waals surface area contributed by atoms with Gasteiger partial charge in [0, 0.05) is 30.6 Å². The lowest BCUT2D eigenvalue weighted by atomic mass is 9.89. The number of fused-ring (bicyclic) bond motifs is 1. The van der Waals surface area contributed by atoms with Gasteiger partial charge in [0.05, 0.1) is 5.69 Å². The molecule has 1 amide bonds. The molecule has 2 aromatic carbocycles. The van der Waals surface area contributed by atoms with E-state index >= 15 is 0 Å². The molecule has 1 aliphatic rings. The Balaban J connectivity index is 1.47. The van der Waals surface area contributed by atoms with Crippen molar-refractivity contribution in [3.63, 3.8) is 0 Å². The number of benzene rings is 2. The van der Waals surface area contributed by atoms with Crippen LogP contribution in [0.2, 0.25) is 0 Å². The maximum atomic E-state index is 13.1. The average Bonchev–Trinajstić information content (AvgIpc) is 3.20. The van der Waals surface area contributed by atoms with Crippen LogP contribution in [0.3, 0.4) is 0 Å². The van der Waals surface area contributed by atoms with Gasteiger partial charge in [-0.15, -0.1) is 0 Å². The molecule has 5 heteroatoms. The summed E-state index contributed by atoms with van der Waals surface area (Å²) in [6, 6.07) is 15.6. The van der Waals surface area contributed by atoms with Gasteiger partial charge in [0.1, 0.15) is 0 Å². The summed E-state index contributed by atoms with van der Waals surface area (Å²) in [6.45, 7) is 5.26. The lowest BCUT2D eigenvalue weighted by Gasteiger charge is -2.31. The van der Waals surface area contributed by atoms with Crippen molar-refractivity contribution in [3.05, 3.63) is 65.5 Å². The minimum Gasteiger partial charge on any atom is -0.351 e. The van der Waals surface area contributed by atoms with Gasteiger partial charge in [0.15, 0.2) is 5.78 Å². The lowest BCUT2D eigenvalue weighted by Crippen LogP contribution is -2.42. The van der Waals surface area contributed by atoms with Crippen molar-refractivity contribution in [2.75, 3.05) is 13.1 Å². The normalized spacial score (nSPS) is 17.1. The van der Waals surface area contributed by atoms with Crippen molar-refractivity contribution in [1.82, 2.24) is 10.1 Å². The minimum atomic E-state index is -0.188. The number of hydrogen-bond acceptors (Lipinski definition) is 4. The molecule has 1 unspecified atom stereocenters. The minimum absolute atomic E-state index is 0.103. The second kappa shape index (κ2) is 8.19. The van der Waals surface area contributed by atoms with E-state index in [0.29, 0.717) is 24.6 Å². The number of amides is 1. The molecule has 1 aliphatic heterocycles. The number of Topliss-reactive ketones (excluding diaryl/α,β-unsaturated/α-hetero) is 1. The summed E-state index contributed by atoms with van der Waals surface area (Å²) in [5, 5.41) is 6.19. The van der Waals surface area contributed by atoms with E-state index in [1.165, 1.54) is 0 Å². The number of hydrogen-bond donors (Lipinski definition) is 0. The fraction of sp³-hybridized carbons (Fsp3) is 0.375. The summed E-state index contributed by atoms with van der Waals surface area (Å²) in [5.74, 6) is 0.447. The highest BCUT2D eigenvalue weighted by atomic mass is 16.5. The Hall–Kier alpha value is -2.95. The fourth-order valence-corrected chi connectivity index (χ4v) is 4.04. The number of piperidine rings is 1. The summed E-state index contributed by atoms with van der Waals surface area (Å²) in [6.07, 6.45) is 2.38. The zero-order valence-electron chi connectivity index (χ0n) is 16.9. The van der Waals surface area contributed by atoms with Crippen molar-refractivity contribution in [3.8, 4) is 0 Å². The molecule has 3 aromatic rings. The molecule has 0 bridgehead atoms. The van der Waals surface area contributed by atoms with Crippen LogP contribution in [0.25, 0.3) is 10.8 Å². The van der Waals surface area contributed by atoms with Gasteiger partial charge in [-0.2, -0.15) is 0 Å². The standard InChI is InChI=1S/C24H26N2O3/c1-16(2)12-21-14-22(29-25-21)24(28)26-11-5-8-20(15-26)23(27)19-10-9-17-6-3-4-7-18(17)13-19/h3-4,6-7,9-10,13-14,16,20H,5,8,11-12,15H2,1-2H3. The van der Waals surface area contributed by atoms with E-state index in [2.05, 4.69) is 19.0 Å². The van der Waals surface area contributed by atoms with Crippen LogP contribution in [0, 0.1) is 11.8 Å². The second-order valence-electron chi connectivity index (χ2n) is 8.30. The first-order valence-corrected chi connectivity index (χ1v) is 10.3. The maximum absolute atomic E-state index is 13.1. The molecule has 0 N–H and O–H groups in total. The van der Waals surface area contributed by atoms with Crippen LogP contribution < -0.4 is 0 Å². The number of nitrogens with zero attached hydrogens (tertiary/aromatic N) is 2. The molecule has 150 valence electrons. The Kier molecular flexibility index (Phi) is 5.47. The molecule has 1 aromatic heterocycles. The van der Waals surface area contributed by atoms with Crippen molar-refractivity contribution in [1.29, 1.82) is 0 Å². The first kappa shape index (κ1) is 19.4. The first-order valence-electron chi connectivity index (χ1n) is 10.3. The van der Waals surface area contributed by atoms with E-state index in [9.17, 15) is 9.59 Å². The number of carbonyl (C=O) groups is 2. The Bertz CT molecular complexity index is 1040. The van der Waals surface area contributed by atoms with Crippen LogP contribution in [0.5, 0.6) is 0 Å². The smallest absolute Gasteiger partial charge is 0.292 e. The SMILES string of the molecule is CC(C)Cc1cc(C(=O)N2CCCC(C(=O)c3ccc4ccccc4c3)C2)on1. The van der Waals surface area contributed by atoms with Crippen molar-refractivity contribution < 1.29 is 14.1 Å². The van der Waals surface area contributed by atoms with E-state index in [1.54, 1.807) is 11.0 Å².